The largest absolute Gasteiger partial charge is 0.368 e. The molecule has 0 saturated carbocycles. The van der Waals surface area contributed by atoms with E-state index in [-0.39, 0.29) is 22.9 Å². The van der Waals surface area contributed by atoms with Crippen LogP contribution in [0.4, 0.5) is 17.1 Å². The van der Waals surface area contributed by atoms with E-state index in [2.05, 4.69) is 37.9 Å². The summed E-state index contributed by atoms with van der Waals surface area (Å²) in [6.45, 7) is 11.8. The van der Waals surface area contributed by atoms with Gasteiger partial charge in [0.1, 0.15) is 0 Å². The second kappa shape index (κ2) is 11.8. The Morgan fingerprint density at radius 3 is 2.19 bits per heavy atom. The molecule has 36 heavy (non-hydrogen) atoms. The highest BCUT2D eigenvalue weighted by Crippen LogP contribution is 2.27. The third-order valence-corrected chi connectivity index (χ3v) is 6.15. The third-order valence-electron chi connectivity index (χ3n) is 6.15. The number of hydrogen-bond acceptors (Lipinski definition) is 5. The summed E-state index contributed by atoms with van der Waals surface area (Å²) in [5.41, 5.74) is 2.68. The van der Waals surface area contributed by atoms with Crippen molar-refractivity contribution in [2.75, 3.05) is 36.4 Å². The molecular weight excluding hydrogens is 456 g/mol. The Morgan fingerprint density at radius 1 is 1.03 bits per heavy atom. The SMILES string of the molecule is CC(CC(=O)N1CCN(c2ccc(NC(=O)C=Cc3ccc([N+](=O)[O-])cc3)cc2)CC1)CC(C)(C)C. The number of anilines is 2. The summed E-state index contributed by atoms with van der Waals surface area (Å²) < 4.78 is 0. The molecule has 1 atom stereocenters. The molecule has 1 saturated heterocycles. The highest BCUT2D eigenvalue weighted by molar-refractivity contribution is 6.02. The van der Waals surface area contributed by atoms with Gasteiger partial charge in [-0.05, 0) is 65.8 Å². The predicted molar refractivity (Wildman–Crippen MR) is 144 cm³/mol. The van der Waals surface area contributed by atoms with Crippen molar-refractivity contribution in [2.24, 2.45) is 11.3 Å². The topological polar surface area (TPSA) is 95.8 Å². The van der Waals surface area contributed by atoms with E-state index in [4.69, 9.17) is 0 Å². The molecule has 1 aliphatic rings. The normalized spacial score (nSPS) is 15.1. The number of non-ortho nitro benzene ring substituents is 1. The number of rotatable bonds is 8. The summed E-state index contributed by atoms with van der Waals surface area (Å²) in [6.07, 6.45) is 4.64. The van der Waals surface area contributed by atoms with Crippen LogP contribution in [-0.2, 0) is 9.59 Å². The summed E-state index contributed by atoms with van der Waals surface area (Å²) in [7, 11) is 0. The lowest BCUT2D eigenvalue weighted by Gasteiger charge is -2.37. The Morgan fingerprint density at radius 2 is 1.64 bits per heavy atom. The van der Waals surface area contributed by atoms with Crippen LogP contribution in [0.15, 0.2) is 54.6 Å². The number of nitro groups is 1. The fourth-order valence-electron chi connectivity index (χ4n) is 4.58. The van der Waals surface area contributed by atoms with Gasteiger partial charge in [-0.3, -0.25) is 19.7 Å². The van der Waals surface area contributed by atoms with Gasteiger partial charge in [0, 0.05) is 62.2 Å². The summed E-state index contributed by atoms with van der Waals surface area (Å²) in [5.74, 6) is 0.336. The van der Waals surface area contributed by atoms with Crippen molar-refractivity contribution >= 4 is 35.0 Å². The molecule has 0 aliphatic carbocycles. The smallest absolute Gasteiger partial charge is 0.269 e. The molecular formula is C28H36N4O4. The minimum Gasteiger partial charge on any atom is -0.368 e. The Kier molecular flexibility index (Phi) is 8.85. The molecule has 1 unspecified atom stereocenters. The lowest BCUT2D eigenvalue weighted by atomic mass is 9.84. The van der Waals surface area contributed by atoms with Crippen molar-refractivity contribution in [3.63, 3.8) is 0 Å². The zero-order valence-electron chi connectivity index (χ0n) is 21.6. The standard InChI is InChI=1S/C28H36N4O4/c1-21(20-28(2,3)4)19-27(34)31-17-15-30(16-18-31)24-12-8-23(9-13-24)29-26(33)14-7-22-5-10-25(11-6-22)32(35)36/h5-14,21H,15-20H2,1-4H3,(H,29,33). The van der Waals surface area contributed by atoms with Crippen molar-refractivity contribution in [3.05, 3.63) is 70.3 Å². The van der Waals surface area contributed by atoms with Crippen LogP contribution in [-0.4, -0.2) is 47.8 Å². The van der Waals surface area contributed by atoms with Gasteiger partial charge < -0.3 is 15.1 Å². The summed E-state index contributed by atoms with van der Waals surface area (Å²) in [4.78, 5) is 39.4. The van der Waals surface area contributed by atoms with E-state index in [9.17, 15) is 19.7 Å². The van der Waals surface area contributed by atoms with Gasteiger partial charge >= 0.3 is 0 Å². The van der Waals surface area contributed by atoms with Gasteiger partial charge in [0.15, 0.2) is 0 Å². The molecule has 2 amide bonds. The van der Waals surface area contributed by atoms with Crippen LogP contribution in [0.3, 0.4) is 0 Å². The highest BCUT2D eigenvalue weighted by atomic mass is 16.6. The van der Waals surface area contributed by atoms with E-state index in [1.165, 1.54) is 18.2 Å². The first kappa shape index (κ1) is 26.9. The second-order valence-corrected chi connectivity index (χ2v) is 10.7. The zero-order valence-corrected chi connectivity index (χ0v) is 21.6. The van der Waals surface area contributed by atoms with Crippen LogP contribution in [0, 0.1) is 21.4 Å². The van der Waals surface area contributed by atoms with Crippen LogP contribution in [0.1, 0.15) is 46.1 Å². The lowest BCUT2D eigenvalue weighted by molar-refractivity contribution is -0.384. The van der Waals surface area contributed by atoms with Gasteiger partial charge in [-0.1, -0.05) is 27.7 Å². The molecule has 2 aromatic carbocycles. The average Bonchev–Trinajstić information content (AvgIpc) is 2.82. The lowest BCUT2D eigenvalue weighted by Crippen LogP contribution is -2.49. The monoisotopic (exact) mass is 492 g/mol. The molecule has 8 nitrogen and oxygen atoms in total. The molecule has 1 heterocycles. The first-order valence-corrected chi connectivity index (χ1v) is 12.4. The number of carbonyl (C=O) groups is 2. The minimum absolute atomic E-state index is 0.00963. The summed E-state index contributed by atoms with van der Waals surface area (Å²) in [5, 5.41) is 13.5. The molecule has 1 aliphatic heterocycles. The van der Waals surface area contributed by atoms with E-state index in [0.29, 0.717) is 36.7 Å². The molecule has 8 heteroatoms. The number of hydrogen-bond donors (Lipinski definition) is 1. The molecule has 0 bridgehead atoms. The van der Waals surface area contributed by atoms with Gasteiger partial charge in [0.25, 0.3) is 5.69 Å². The molecule has 2 aromatic rings. The second-order valence-electron chi connectivity index (χ2n) is 10.7. The van der Waals surface area contributed by atoms with Crippen molar-refractivity contribution in [1.82, 2.24) is 4.90 Å². The number of nitro benzene ring substituents is 1. The Balaban J connectivity index is 1.46. The van der Waals surface area contributed by atoms with Gasteiger partial charge in [0.2, 0.25) is 11.8 Å². The van der Waals surface area contributed by atoms with Crippen molar-refractivity contribution in [1.29, 1.82) is 0 Å². The molecule has 3 rings (SSSR count). The van der Waals surface area contributed by atoms with Crippen molar-refractivity contribution in [2.45, 2.75) is 40.5 Å². The quantitative estimate of drug-likeness (QED) is 0.304. The van der Waals surface area contributed by atoms with E-state index in [1.807, 2.05) is 29.2 Å². The maximum absolute atomic E-state index is 12.7. The van der Waals surface area contributed by atoms with Crippen molar-refractivity contribution < 1.29 is 14.5 Å². The summed E-state index contributed by atoms with van der Waals surface area (Å²) >= 11 is 0. The van der Waals surface area contributed by atoms with Crippen LogP contribution >= 0.6 is 0 Å². The fourth-order valence-corrected chi connectivity index (χ4v) is 4.58. The molecule has 1 N–H and O–H groups in total. The van der Waals surface area contributed by atoms with Gasteiger partial charge in [-0.25, -0.2) is 0 Å². The Hall–Kier alpha value is -3.68. The predicted octanol–water partition coefficient (Wildman–Crippen LogP) is 5.36. The highest BCUT2D eigenvalue weighted by Gasteiger charge is 2.24. The third kappa shape index (κ3) is 8.22. The van der Waals surface area contributed by atoms with Crippen LogP contribution in [0.25, 0.3) is 6.08 Å². The number of carbonyl (C=O) groups excluding carboxylic acids is 2. The van der Waals surface area contributed by atoms with E-state index >= 15 is 0 Å². The van der Waals surface area contributed by atoms with Crippen LogP contribution in [0.5, 0.6) is 0 Å². The first-order chi connectivity index (χ1) is 17.0. The minimum atomic E-state index is -0.459. The Labute approximate surface area is 213 Å². The number of benzene rings is 2. The Bertz CT molecular complexity index is 1080. The zero-order chi connectivity index (χ0) is 26.3. The van der Waals surface area contributed by atoms with Crippen molar-refractivity contribution in [3.8, 4) is 0 Å². The maximum Gasteiger partial charge on any atom is 0.269 e. The van der Waals surface area contributed by atoms with Crippen LogP contribution in [0.2, 0.25) is 0 Å². The molecule has 0 radical (unpaired) electrons. The van der Waals surface area contributed by atoms with E-state index < -0.39 is 4.92 Å². The number of nitrogens with one attached hydrogen (secondary N) is 1. The first-order valence-electron chi connectivity index (χ1n) is 12.4. The number of nitrogens with zero attached hydrogens (tertiary/aromatic N) is 3. The van der Waals surface area contributed by atoms with E-state index in [0.717, 1.165) is 25.2 Å². The van der Waals surface area contributed by atoms with Gasteiger partial charge in [-0.15, -0.1) is 0 Å². The van der Waals surface area contributed by atoms with Crippen LogP contribution < -0.4 is 10.2 Å². The summed E-state index contributed by atoms with van der Waals surface area (Å²) in [6, 6.07) is 13.7. The van der Waals surface area contributed by atoms with Gasteiger partial charge in [-0.2, -0.15) is 0 Å². The molecule has 192 valence electrons. The molecule has 0 spiro atoms. The molecule has 1 fully saturated rings. The number of piperazine rings is 1. The molecule has 0 aromatic heterocycles. The average molecular weight is 493 g/mol. The van der Waals surface area contributed by atoms with Gasteiger partial charge in [0.05, 0.1) is 4.92 Å². The number of amides is 2. The fraction of sp³-hybridized carbons (Fsp3) is 0.429. The maximum atomic E-state index is 12.7. The van der Waals surface area contributed by atoms with E-state index in [1.54, 1.807) is 18.2 Å².